The molecule has 24 heavy (non-hydrogen) atoms. The molecule has 0 spiro atoms. The molecule has 7 nitrogen and oxygen atoms in total. The van der Waals surface area contributed by atoms with Crippen LogP contribution in [0.15, 0.2) is 23.1 Å². The van der Waals surface area contributed by atoms with Crippen LogP contribution in [0.3, 0.4) is 0 Å². The zero-order valence-electron chi connectivity index (χ0n) is 13.9. The van der Waals surface area contributed by atoms with Crippen LogP contribution in [0.5, 0.6) is 11.5 Å². The molecule has 0 aliphatic carbocycles. The number of hydrogen-bond acceptors (Lipinski definition) is 5. The minimum atomic E-state index is -3.62. The molecule has 0 saturated carbocycles. The first-order valence-corrected chi connectivity index (χ1v) is 9.52. The van der Waals surface area contributed by atoms with Crippen molar-refractivity contribution in [1.29, 1.82) is 0 Å². The molecule has 2 aliphatic rings. The summed E-state index contributed by atoms with van der Waals surface area (Å²) in [5.74, 6) is 0.986. The van der Waals surface area contributed by atoms with Crippen molar-refractivity contribution in [3.05, 3.63) is 18.2 Å². The molecule has 0 bridgehead atoms. The van der Waals surface area contributed by atoms with E-state index in [1.165, 1.54) is 16.4 Å². The van der Waals surface area contributed by atoms with Gasteiger partial charge >= 0.3 is 0 Å². The lowest BCUT2D eigenvalue weighted by Gasteiger charge is -2.23. The van der Waals surface area contributed by atoms with Crippen molar-refractivity contribution in [3.8, 4) is 11.5 Å². The number of fused-ring (bicyclic) bond motifs is 1. The van der Waals surface area contributed by atoms with Crippen molar-refractivity contribution in [3.63, 3.8) is 0 Å². The summed E-state index contributed by atoms with van der Waals surface area (Å²) in [5.41, 5.74) is 0. The van der Waals surface area contributed by atoms with Crippen LogP contribution >= 0.6 is 0 Å². The summed E-state index contributed by atoms with van der Waals surface area (Å²) in [4.78, 5) is 14.1. The topological polar surface area (TPSA) is 76.2 Å². The van der Waals surface area contributed by atoms with Crippen molar-refractivity contribution in [2.24, 2.45) is 5.92 Å². The molecule has 132 valence electrons. The van der Waals surface area contributed by atoms with E-state index in [-0.39, 0.29) is 23.5 Å². The molecule has 3 rings (SSSR count). The molecule has 1 fully saturated rings. The number of benzene rings is 1. The monoisotopic (exact) mass is 354 g/mol. The third-order valence-electron chi connectivity index (χ3n) is 4.24. The third-order valence-corrected chi connectivity index (χ3v) is 6.14. The maximum Gasteiger partial charge on any atom is 0.243 e. The van der Waals surface area contributed by atoms with Crippen LogP contribution in [0, 0.1) is 5.92 Å². The summed E-state index contributed by atoms with van der Waals surface area (Å²) in [7, 11) is -3.62. The minimum Gasteiger partial charge on any atom is -0.454 e. The first-order chi connectivity index (χ1) is 11.4. The number of amides is 1. The van der Waals surface area contributed by atoms with Crippen LogP contribution in [-0.2, 0) is 14.8 Å². The van der Waals surface area contributed by atoms with Gasteiger partial charge in [-0.3, -0.25) is 4.79 Å². The number of sulfonamides is 1. The number of rotatable bonds is 3. The molecular weight excluding hydrogens is 332 g/mol. The Kier molecular flexibility index (Phi) is 4.69. The van der Waals surface area contributed by atoms with Gasteiger partial charge in [0.1, 0.15) is 0 Å². The molecule has 2 heterocycles. The number of ether oxygens (including phenoxy) is 2. The summed E-state index contributed by atoms with van der Waals surface area (Å²) < 4.78 is 37.7. The summed E-state index contributed by atoms with van der Waals surface area (Å²) in [6.07, 6.45) is 0.627. The summed E-state index contributed by atoms with van der Waals surface area (Å²) in [6, 6.07) is 4.64. The van der Waals surface area contributed by atoms with E-state index < -0.39 is 10.0 Å². The highest BCUT2D eigenvalue weighted by Crippen LogP contribution is 2.34. The Labute approximate surface area is 142 Å². The average molecular weight is 354 g/mol. The van der Waals surface area contributed by atoms with Crippen LogP contribution in [-0.4, -0.2) is 56.5 Å². The van der Waals surface area contributed by atoms with Gasteiger partial charge in [-0.25, -0.2) is 8.42 Å². The van der Waals surface area contributed by atoms with Crippen LogP contribution in [0.4, 0.5) is 0 Å². The Bertz CT molecular complexity index is 732. The van der Waals surface area contributed by atoms with Crippen LogP contribution in [0.1, 0.15) is 20.3 Å². The van der Waals surface area contributed by atoms with Gasteiger partial charge in [0.25, 0.3) is 0 Å². The number of hydrogen-bond donors (Lipinski definition) is 0. The fourth-order valence-electron chi connectivity index (χ4n) is 2.91. The fraction of sp³-hybridized carbons (Fsp3) is 0.562. The Morgan fingerprint density at radius 2 is 1.83 bits per heavy atom. The minimum absolute atomic E-state index is 0.0670. The smallest absolute Gasteiger partial charge is 0.243 e. The average Bonchev–Trinajstić information content (AvgIpc) is 2.88. The Morgan fingerprint density at radius 3 is 2.58 bits per heavy atom. The van der Waals surface area contributed by atoms with Gasteiger partial charge in [-0.15, -0.1) is 0 Å². The van der Waals surface area contributed by atoms with Gasteiger partial charge in [-0.2, -0.15) is 4.31 Å². The second-order valence-corrected chi connectivity index (χ2v) is 8.19. The van der Waals surface area contributed by atoms with Crippen molar-refractivity contribution in [2.75, 3.05) is 33.0 Å². The van der Waals surface area contributed by atoms with E-state index in [9.17, 15) is 13.2 Å². The lowest BCUT2D eigenvalue weighted by Crippen LogP contribution is -2.38. The van der Waals surface area contributed by atoms with E-state index in [0.29, 0.717) is 44.1 Å². The van der Waals surface area contributed by atoms with E-state index in [2.05, 4.69) is 0 Å². The van der Waals surface area contributed by atoms with Crippen molar-refractivity contribution in [2.45, 2.75) is 25.2 Å². The highest BCUT2D eigenvalue weighted by molar-refractivity contribution is 7.89. The summed E-state index contributed by atoms with van der Waals surface area (Å²) in [6.45, 7) is 5.52. The van der Waals surface area contributed by atoms with Gasteiger partial charge in [-0.1, -0.05) is 13.8 Å². The Hall–Kier alpha value is -1.80. The number of nitrogens with zero attached hydrogens (tertiary/aromatic N) is 2. The van der Waals surface area contributed by atoms with E-state index in [4.69, 9.17) is 9.47 Å². The van der Waals surface area contributed by atoms with Gasteiger partial charge in [0.2, 0.25) is 22.7 Å². The van der Waals surface area contributed by atoms with E-state index in [1.54, 1.807) is 11.0 Å². The lowest BCUT2D eigenvalue weighted by atomic mass is 10.2. The van der Waals surface area contributed by atoms with E-state index in [1.807, 2.05) is 13.8 Å². The molecule has 2 aliphatic heterocycles. The molecule has 1 saturated heterocycles. The SMILES string of the molecule is CC(C)C(=O)N1CCCN(S(=O)(=O)c2ccc3c(c2)OCO3)CC1. The second kappa shape index (κ2) is 6.60. The third kappa shape index (κ3) is 3.21. The highest BCUT2D eigenvalue weighted by atomic mass is 32.2. The normalized spacial score (nSPS) is 18.7. The van der Waals surface area contributed by atoms with Crippen LogP contribution in [0.2, 0.25) is 0 Å². The van der Waals surface area contributed by atoms with E-state index >= 15 is 0 Å². The van der Waals surface area contributed by atoms with Crippen molar-refractivity contribution < 1.29 is 22.7 Å². The van der Waals surface area contributed by atoms with Gasteiger partial charge in [0.15, 0.2) is 11.5 Å². The van der Waals surface area contributed by atoms with Crippen LogP contribution in [0.25, 0.3) is 0 Å². The largest absolute Gasteiger partial charge is 0.454 e. The quantitative estimate of drug-likeness (QED) is 0.818. The van der Waals surface area contributed by atoms with Crippen LogP contribution < -0.4 is 9.47 Å². The maximum absolute atomic E-state index is 12.9. The Balaban J connectivity index is 1.77. The lowest BCUT2D eigenvalue weighted by molar-refractivity contribution is -0.134. The van der Waals surface area contributed by atoms with Crippen molar-refractivity contribution >= 4 is 15.9 Å². The molecule has 1 aromatic carbocycles. The highest BCUT2D eigenvalue weighted by Gasteiger charge is 2.30. The first-order valence-electron chi connectivity index (χ1n) is 8.08. The molecule has 0 atom stereocenters. The Morgan fingerprint density at radius 1 is 1.08 bits per heavy atom. The zero-order valence-corrected chi connectivity index (χ0v) is 14.7. The molecule has 0 radical (unpaired) electrons. The number of carbonyl (C=O) groups is 1. The predicted molar refractivity (Wildman–Crippen MR) is 87.4 cm³/mol. The first kappa shape index (κ1) is 17.0. The van der Waals surface area contributed by atoms with E-state index in [0.717, 1.165) is 0 Å². The standard InChI is InChI=1S/C16H22N2O5S/c1-12(2)16(19)17-6-3-7-18(9-8-17)24(20,21)13-4-5-14-15(10-13)23-11-22-14/h4-5,10,12H,3,6-9,11H2,1-2H3. The molecule has 1 aromatic rings. The summed E-state index contributed by atoms with van der Waals surface area (Å²) >= 11 is 0. The van der Waals surface area contributed by atoms with Gasteiger partial charge in [0.05, 0.1) is 4.90 Å². The molecule has 0 aromatic heterocycles. The molecule has 0 N–H and O–H groups in total. The predicted octanol–water partition coefficient (Wildman–Crippen LogP) is 1.29. The molecule has 1 amide bonds. The molecule has 8 heteroatoms. The van der Waals surface area contributed by atoms with Crippen molar-refractivity contribution in [1.82, 2.24) is 9.21 Å². The zero-order chi connectivity index (χ0) is 17.3. The van der Waals surface area contributed by atoms with Gasteiger partial charge in [-0.05, 0) is 18.6 Å². The molecular formula is C16H22N2O5S. The van der Waals surface area contributed by atoms with Gasteiger partial charge < -0.3 is 14.4 Å². The molecule has 0 unspecified atom stereocenters. The van der Waals surface area contributed by atoms with Gasteiger partial charge in [0, 0.05) is 38.2 Å². The second-order valence-electron chi connectivity index (χ2n) is 6.25. The number of carbonyl (C=O) groups excluding carboxylic acids is 1. The maximum atomic E-state index is 12.9. The fourth-order valence-corrected chi connectivity index (χ4v) is 4.39. The summed E-state index contributed by atoms with van der Waals surface area (Å²) in [5, 5.41) is 0.